The van der Waals surface area contributed by atoms with E-state index in [-0.39, 0.29) is 17.8 Å². The molecule has 6 heteroatoms. The van der Waals surface area contributed by atoms with Gasteiger partial charge in [0.05, 0.1) is 12.2 Å². The lowest BCUT2D eigenvalue weighted by atomic mass is 10.1. The molecule has 0 heterocycles. The Bertz CT molecular complexity index is 472. The molecule has 0 aliphatic carbocycles. The third-order valence-electron chi connectivity index (χ3n) is 2.84. The van der Waals surface area contributed by atoms with Gasteiger partial charge in [-0.15, -0.1) is 23.4 Å². The van der Waals surface area contributed by atoms with Gasteiger partial charge in [-0.3, -0.25) is 4.79 Å². The van der Waals surface area contributed by atoms with E-state index < -0.39 is 4.75 Å². The van der Waals surface area contributed by atoms with Crippen molar-refractivity contribution in [1.82, 2.24) is 0 Å². The number of esters is 1. The molecule has 0 aliphatic rings. The van der Waals surface area contributed by atoms with Gasteiger partial charge in [0, 0.05) is 11.6 Å². The molecule has 110 valence electrons. The number of rotatable bonds is 6. The maximum absolute atomic E-state index is 12.1. The Kier molecular flexibility index (Phi) is 6.36. The van der Waals surface area contributed by atoms with Crippen LogP contribution in [0, 0.1) is 0 Å². The van der Waals surface area contributed by atoms with E-state index in [4.69, 9.17) is 16.3 Å². The van der Waals surface area contributed by atoms with Gasteiger partial charge in [-0.2, -0.15) is 0 Å². The average molecular weight is 316 g/mol. The summed E-state index contributed by atoms with van der Waals surface area (Å²) in [5.41, 5.74) is 1.07. The quantitative estimate of drug-likeness (QED) is 0.647. The Labute approximate surface area is 128 Å². The van der Waals surface area contributed by atoms with Gasteiger partial charge in [0.25, 0.3) is 0 Å². The maximum atomic E-state index is 12.1. The number of anilines is 1. The van der Waals surface area contributed by atoms with Crippen molar-refractivity contribution in [3.05, 3.63) is 29.8 Å². The van der Waals surface area contributed by atoms with Gasteiger partial charge in [0.15, 0.2) is 0 Å². The van der Waals surface area contributed by atoms with E-state index in [1.165, 1.54) is 11.8 Å². The van der Waals surface area contributed by atoms with Crippen LogP contribution in [0.2, 0.25) is 0 Å². The monoisotopic (exact) mass is 315 g/mol. The second kappa shape index (κ2) is 7.55. The van der Waals surface area contributed by atoms with Gasteiger partial charge in [0.1, 0.15) is 4.75 Å². The van der Waals surface area contributed by atoms with Gasteiger partial charge in [-0.1, -0.05) is 0 Å². The minimum atomic E-state index is -0.679. The fraction of sp³-hybridized carbons (Fsp3) is 0.429. The number of benzene rings is 1. The van der Waals surface area contributed by atoms with Crippen LogP contribution in [0.25, 0.3) is 0 Å². The van der Waals surface area contributed by atoms with Crippen LogP contribution in [0.1, 0.15) is 24.2 Å². The third kappa shape index (κ3) is 4.15. The Morgan fingerprint density at radius 1 is 1.35 bits per heavy atom. The number of ether oxygens (including phenoxy) is 1. The Balaban J connectivity index is 2.75. The first-order chi connectivity index (χ1) is 9.46. The van der Waals surface area contributed by atoms with Crippen molar-refractivity contribution >= 4 is 40.9 Å². The average Bonchev–Trinajstić information content (AvgIpc) is 2.47. The summed E-state index contributed by atoms with van der Waals surface area (Å²) in [6.45, 7) is 3.87. The molecular weight excluding hydrogens is 298 g/mol. The van der Waals surface area contributed by atoms with E-state index in [0.29, 0.717) is 17.9 Å². The number of halogens is 1. The van der Waals surface area contributed by atoms with Crippen molar-refractivity contribution in [1.29, 1.82) is 0 Å². The van der Waals surface area contributed by atoms with Crippen molar-refractivity contribution in [2.45, 2.75) is 18.6 Å². The summed E-state index contributed by atoms with van der Waals surface area (Å²) in [6.07, 6.45) is 1.84. The van der Waals surface area contributed by atoms with E-state index in [9.17, 15) is 9.59 Å². The molecule has 1 atom stereocenters. The van der Waals surface area contributed by atoms with Crippen molar-refractivity contribution in [3.63, 3.8) is 0 Å². The molecule has 1 aromatic carbocycles. The molecule has 1 N–H and O–H groups in total. The van der Waals surface area contributed by atoms with Gasteiger partial charge in [0.2, 0.25) is 5.91 Å². The molecule has 0 aliphatic heterocycles. The second-order valence-corrected chi connectivity index (χ2v) is 5.90. The number of thioether (sulfide) groups is 1. The lowest BCUT2D eigenvalue weighted by molar-refractivity contribution is -0.117. The first kappa shape index (κ1) is 16.9. The van der Waals surface area contributed by atoms with Crippen molar-refractivity contribution in [2.24, 2.45) is 0 Å². The van der Waals surface area contributed by atoms with Crippen LogP contribution >= 0.6 is 23.4 Å². The van der Waals surface area contributed by atoms with Gasteiger partial charge < -0.3 is 10.1 Å². The zero-order valence-electron chi connectivity index (χ0n) is 11.7. The van der Waals surface area contributed by atoms with Crippen molar-refractivity contribution in [3.8, 4) is 0 Å². The maximum Gasteiger partial charge on any atom is 0.338 e. The molecule has 0 aromatic heterocycles. The summed E-state index contributed by atoms with van der Waals surface area (Å²) in [5, 5.41) is 2.79. The summed E-state index contributed by atoms with van der Waals surface area (Å²) in [7, 11) is 0. The Hall–Kier alpha value is -1.20. The highest BCUT2D eigenvalue weighted by molar-refractivity contribution is 8.00. The van der Waals surface area contributed by atoms with Crippen LogP contribution in [0.3, 0.4) is 0 Å². The summed E-state index contributed by atoms with van der Waals surface area (Å²) in [4.78, 5) is 23.6. The topological polar surface area (TPSA) is 55.4 Å². The third-order valence-corrected chi connectivity index (χ3v) is 4.76. The molecule has 0 radical (unpaired) electrons. The molecule has 0 spiro atoms. The van der Waals surface area contributed by atoms with Crippen LogP contribution in [0.5, 0.6) is 0 Å². The van der Waals surface area contributed by atoms with E-state index in [0.717, 1.165) is 0 Å². The van der Waals surface area contributed by atoms with E-state index in [1.54, 1.807) is 38.1 Å². The lowest BCUT2D eigenvalue weighted by Gasteiger charge is -2.23. The molecule has 1 amide bonds. The zero-order chi connectivity index (χ0) is 15.2. The number of nitrogens with one attached hydrogen (secondary N) is 1. The highest BCUT2D eigenvalue weighted by atomic mass is 35.5. The first-order valence-corrected chi connectivity index (χ1v) is 7.92. The molecular formula is C14H18ClNO3S. The molecule has 4 nitrogen and oxygen atoms in total. The van der Waals surface area contributed by atoms with Crippen molar-refractivity contribution in [2.75, 3.05) is 24.1 Å². The Morgan fingerprint density at radius 2 is 1.95 bits per heavy atom. The molecule has 1 unspecified atom stereocenters. The molecule has 1 aromatic rings. The number of amides is 1. The second-order valence-electron chi connectivity index (χ2n) is 4.32. The van der Waals surface area contributed by atoms with Gasteiger partial charge in [-0.25, -0.2) is 4.79 Å². The lowest BCUT2D eigenvalue weighted by Crippen LogP contribution is -2.38. The molecule has 0 bridgehead atoms. The normalized spacial score (nSPS) is 13.4. The molecule has 0 fully saturated rings. The number of carbonyl (C=O) groups excluding carboxylic acids is 2. The minimum Gasteiger partial charge on any atom is -0.462 e. The predicted molar refractivity (Wildman–Crippen MR) is 83.7 cm³/mol. The summed E-state index contributed by atoms with van der Waals surface area (Å²) in [6, 6.07) is 6.56. The number of hydrogen-bond acceptors (Lipinski definition) is 4. The standard InChI is InChI=1S/C14H18ClNO3S/c1-4-19-12(17)10-5-7-11(8-6-10)16-13(18)14(2,9-15)20-3/h5-8H,4,9H2,1-3H3,(H,16,18). The fourth-order valence-corrected chi connectivity index (χ4v) is 2.17. The summed E-state index contributed by atoms with van der Waals surface area (Å²) < 4.78 is 4.21. The Morgan fingerprint density at radius 3 is 2.40 bits per heavy atom. The highest BCUT2D eigenvalue weighted by Gasteiger charge is 2.31. The fourth-order valence-electron chi connectivity index (χ4n) is 1.38. The summed E-state index contributed by atoms with van der Waals surface area (Å²) >= 11 is 7.22. The van der Waals surface area contributed by atoms with Crippen LogP contribution < -0.4 is 5.32 Å². The number of alkyl halides is 1. The van der Waals surface area contributed by atoms with E-state index in [2.05, 4.69) is 5.32 Å². The zero-order valence-corrected chi connectivity index (χ0v) is 13.3. The number of carbonyl (C=O) groups is 2. The molecule has 1 rings (SSSR count). The summed E-state index contributed by atoms with van der Waals surface area (Å²) in [5.74, 6) is -0.315. The smallest absolute Gasteiger partial charge is 0.338 e. The van der Waals surface area contributed by atoms with Gasteiger partial charge in [-0.05, 0) is 44.4 Å². The van der Waals surface area contributed by atoms with E-state index >= 15 is 0 Å². The number of hydrogen-bond donors (Lipinski definition) is 1. The highest BCUT2D eigenvalue weighted by Crippen LogP contribution is 2.25. The molecule has 20 heavy (non-hydrogen) atoms. The van der Waals surface area contributed by atoms with Gasteiger partial charge >= 0.3 is 5.97 Å². The SMILES string of the molecule is CCOC(=O)c1ccc(NC(=O)C(C)(CCl)SC)cc1. The molecule has 0 saturated heterocycles. The van der Waals surface area contributed by atoms with Crippen LogP contribution in [-0.4, -0.2) is 35.4 Å². The van der Waals surface area contributed by atoms with E-state index in [1.807, 2.05) is 6.26 Å². The minimum absolute atomic E-state index is 0.163. The predicted octanol–water partition coefficient (Wildman–Crippen LogP) is 3.16. The largest absolute Gasteiger partial charge is 0.462 e. The first-order valence-electron chi connectivity index (χ1n) is 6.16. The van der Waals surface area contributed by atoms with Crippen LogP contribution in [0.15, 0.2) is 24.3 Å². The molecule has 0 saturated carbocycles. The van der Waals surface area contributed by atoms with Crippen LogP contribution in [0.4, 0.5) is 5.69 Å². The van der Waals surface area contributed by atoms with Crippen LogP contribution in [-0.2, 0) is 9.53 Å². The van der Waals surface area contributed by atoms with Crippen molar-refractivity contribution < 1.29 is 14.3 Å².